The standard InChI is InChI=1S/C17H23NO2/c1-2-20-17(19)12-8-10-15-9-4-5-11-16(15)18-13-6-3-7-14-18/h4-5,8-11H,2-3,6-7,12-14H2,1H3. The molecule has 1 aliphatic rings. The molecular formula is C17H23NO2. The number of nitrogens with zero attached hydrogens (tertiary/aromatic N) is 1. The van der Waals surface area contributed by atoms with Gasteiger partial charge in [0.15, 0.2) is 0 Å². The Morgan fingerprint density at radius 1 is 1.25 bits per heavy atom. The van der Waals surface area contributed by atoms with Crippen molar-refractivity contribution in [3.8, 4) is 0 Å². The van der Waals surface area contributed by atoms with E-state index in [1.807, 2.05) is 25.1 Å². The number of esters is 1. The number of piperidine rings is 1. The summed E-state index contributed by atoms with van der Waals surface area (Å²) >= 11 is 0. The molecule has 1 aromatic carbocycles. The van der Waals surface area contributed by atoms with Crippen LogP contribution in [0.4, 0.5) is 5.69 Å². The van der Waals surface area contributed by atoms with Gasteiger partial charge in [-0.15, -0.1) is 0 Å². The van der Waals surface area contributed by atoms with Crippen LogP contribution in [0.3, 0.4) is 0 Å². The van der Waals surface area contributed by atoms with Gasteiger partial charge >= 0.3 is 5.97 Å². The fourth-order valence-electron chi connectivity index (χ4n) is 2.55. The maximum atomic E-state index is 11.3. The monoisotopic (exact) mass is 273 g/mol. The lowest BCUT2D eigenvalue weighted by molar-refractivity contribution is -0.142. The minimum absolute atomic E-state index is 0.167. The summed E-state index contributed by atoms with van der Waals surface area (Å²) in [5.41, 5.74) is 2.45. The van der Waals surface area contributed by atoms with Crippen molar-refractivity contribution in [2.75, 3.05) is 24.6 Å². The highest BCUT2D eigenvalue weighted by Crippen LogP contribution is 2.25. The van der Waals surface area contributed by atoms with Gasteiger partial charge in [0, 0.05) is 18.8 Å². The van der Waals surface area contributed by atoms with Crippen LogP contribution in [0.1, 0.15) is 38.2 Å². The highest BCUT2D eigenvalue weighted by molar-refractivity contribution is 5.74. The zero-order valence-corrected chi connectivity index (χ0v) is 12.2. The molecule has 1 saturated heterocycles. The minimum atomic E-state index is -0.167. The summed E-state index contributed by atoms with van der Waals surface area (Å²) in [6, 6.07) is 8.38. The van der Waals surface area contributed by atoms with E-state index in [0.717, 1.165) is 13.1 Å². The molecule has 108 valence electrons. The Hall–Kier alpha value is -1.77. The van der Waals surface area contributed by atoms with Crippen LogP contribution in [-0.2, 0) is 9.53 Å². The van der Waals surface area contributed by atoms with E-state index < -0.39 is 0 Å². The Morgan fingerprint density at radius 2 is 2.00 bits per heavy atom. The summed E-state index contributed by atoms with van der Waals surface area (Å²) in [5.74, 6) is -0.167. The molecule has 0 saturated carbocycles. The number of ether oxygens (including phenoxy) is 1. The molecule has 1 fully saturated rings. The molecule has 1 aromatic rings. The first-order valence-corrected chi connectivity index (χ1v) is 7.47. The summed E-state index contributed by atoms with van der Waals surface area (Å²) in [7, 11) is 0. The van der Waals surface area contributed by atoms with Crippen LogP contribution in [0.15, 0.2) is 30.3 Å². The van der Waals surface area contributed by atoms with Crippen molar-refractivity contribution < 1.29 is 9.53 Å². The third-order valence-corrected chi connectivity index (χ3v) is 3.52. The van der Waals surface area contributed by atoms with Crippen molar-refractivity contribution in [1.82, 2.24) is 0 Å². The largest absolute Gasteiger partial charge is 0.466 e. The summed E-state index contributed by atoms with van der Waals surface area (Å²) < 4.78 is 4.93. The molecule has 2 rings (SSSR count). The van der Waals surface area contributed by atoms with Crippen LogP contribution < -0.4 is 4.90 Å². The summed E-state index contributed by atoms with van der Waals surface area (Å²) in [6.07, 6.45) is 8.11. The van der Waals surface area contributed by atoms with E-state index in [9.17, 15) is 4.79 Å². The predicted molar refractivity (Wildman–Crippen MR) is 82.8 cm³/mol. The Bertz CT molecular complexity index is 462. The maximum absolute atomic E-state index is 11.3. The van der Waals surface area contributed by atoms with Gasteiger partial charge < -0.3 is 9.64 Å². The van der Waals surface area contributed by atoms with Crippen molar-refractivity contribution in [2.45, 2.75) is 32.6 Å². The SMILES string of the molecule is CCOC(=O)CC=Cc1ccccc1N1CCCCC1. The number of hydrogen-bond donors (Lipinski definition) is 0. The normalized spacial score (nSPS) is 15.6. The molecule has 1 heterocycles. The molecule has 1 aliphatic heterocycles. The number of anilines is 1. The molecule has 0 aromatic heterocycles. The van der Waals surface area contributed by atoms with Crippen LogP contribution in [0.5, 0.6) is 0 Å². The van der Waals surface area contributed by atoms with Crippen LogP contribution in [-0.4, -0.2) is 25.7 Å². The average Bonchev–Trinajstić information content (AvgIpc) is 2.49. The van der Waals surface area contributed by atoms with Crippen molar-refractivity contribution in [3.05, 3.63) is 35.9 Å². The maximum Gasteiger partial charge on any atom is 0.309 e. The van der Waals surface area contributed by atoms with Gasteiger partial charge in [0.05, 0.1) is 13.0 Å². The average molecular weight is 273 g/mol. The summed E-state index contributed by atoms with van der Waals surface area (Å²) in [6.45, 7) is 4.52. The van der Waals surface area contributed by atoms with Gasteiger partial charge in [0.25, 0.3) is 0 Å². The van der Waals surface area contributed by atoms with E-state index in [1.165, 1.54) is 30.5 Å². The molecule has 3 heteroatoms. The van der Waals surface area contributed by atoms with Crippen LogP contribution in [0.25, 0.3) is 6.08 Å². The minimum Gasteiger partial charge on any atom is -0.466 e. The van der Waals surface area contributed by atoms with Gasteiger partial charge in [-0.05, 0) is 37.8 Å². The van der Waals surface area contributed by atoms with E-state index >= 15 is 0 Å². The lowest BCUT2D eigenvalue weighted by Crippen LogP contribution is -2.29. The smallest absolute Gasteiger partial charge is 0.309 e. The molecule has 0 amide bonds. The van der Waals surface area contributed by atoms with Gasteiger partial charge in [-0.2, -0.15) is 0 Å². The number of carbonyl (C=O) groups is 1. The molecule has 3 nitrogen and oxygen atoms in total. The molecule has 0 atom stereocenters. The number of para-hydroxylation sites is 1. The summed E-state index contributed by atoms with van der Waals surface area (Å²) in [4.78, 5) is 13.8. The van der Waals surface area contributed by atoms with E-state index in [4.69, 9.17) is 4.74 Å². The lowest BCUT2D eigenvalue weighted by atomic mass is 10.1. The number of benzene rings is 1. The first kappa shape index (κ1) is 14.6. The first-order valence-electron chi connectivity index (χ1n) is 7.47. The molecule has 0 N–H and O–H groups in total. The number of rotatable bonds is 5. The van der Waals surface area contributed by atoms with E-state index in [2.05, 4.69) is 23.1 Å². The second-order valence-electron chi connectivity index (χ2n) is 5.02. The van der Waals surface area contributed by atoms with Crippen LogP contribution >= 0.6 is 0 Å². The molecule has 0 spiro atoms. The van der Waals surface area contributed by atoms with Crippen LogP contribution in [0, 0.1) is 0 Å². The van der Waals surface area contributed by atoms with Crippen molar-refractivity contribution in [3.63, 3.8) is 0 Å². The van der Waals surface area contributed by atoms with Gasteiger partial charge in [0.2, 0.25) is 0 Å². The Morgan fingerprint density at radius 3 is 2.75 bits per heavy atom. The van der Waals surface area contributed by atoms with Gasteiger partial charge in [-0.3, -0.25) is 4.79 Å². The third-order valence-electron chi connectivity index (χ3n) is 3.52. The molecule has 0 unspecified atom stereocenters. The highest BCUT2D eigenvalue weighted by atomic mass is 16.5. The zero-order valence-electron chi connectivity index (χ0n) is 12.2. The van der Waals surface area contributed by atoms with Gasteiger partial charge in [-0.1, -0.05) is 30.4 Å². The number of hydrogen-bond acceptors (Lipinski definition) is 3. The van der Waals surface area contributed by atoms with E-state index in [-0.39, 0.29) is 5.97 Å². The van der Waals surface area contributed by atoms with Crippen molar-refractivity contribution in [2.24, 2.45) is 0 Å². The quantitative estimate of drug-likeness (QED) is 0.767. The van der Waals surface area contributed by atoms with Crippen LogP contribution in [0.2, 0.25) is 0 Å². The molecular weight excluding hydrogens is 250 g/mol. The Balaban J connectivity index is 2.03. The summed E-state index contributed by atoms with van der Waals surface area (Å²) in [5, 5.41) is 0. The topological polar surface area (TPSA) is 29.5 Å². The van der Waals surface area contributed by atoms with E-state index in [1.54, 1.807) is 0 Å². The van der Waals surface area contributed by atoms with Crippen molar-refractivity contribution >= 4 is 17.7 Å². The molecule has 0 radical (unpaired) electrons. The zero-order chi connectivity index (χ0) is 14.2. The third kappa shape index (κ3) is 4.12. The van der Waals surface area contributed by atoms with Gasteiger partial charge in [0.1, 0.15) is 0 Å². The molecule has 0 bridgehead atoms. The van der Waals surface area contributed by atoms with Gasteiger partial charge in [-0.25, -0.2) is 0 Å². The second kappa shape index (κ2) is 7.73. The molecule has 0 aliphatic carbocycles. The fourth-order valence-corrected chi connectivity index (χ4v) is 2.55. The first-order chi connectivity index (χ1) is 9.81. The lowest BCUT2D eigenvalue weighted by Gasteiger charge is -2.30. The van der Waals surface area contributed by atoms with E-state index in [0.29, 0.717) is 13.0 Å². The fraction of sp³-hybridized carbons (Fsp3) is 0.471. The number of carbonyl (C=O) groups excluding carboxylic acids is 1. The Labute approximate surface area is 121 Å². The second-order valence-corrected chi connectivity index (χ2v) is 5.02. The predicted octanol–water partition coefficient (Wildman–Crippen LogP) is 3.64. The molecule has 20 heavy (non-hydrogen) atoms. The van der Waals surface area contributed by atoms with Crippen molar-refractivity contribution in [1.29, 1.82) is 0 Å². The highest BCUT2D eigenvalue weighted by Gasteiger charge is 2.12. The Kier molecular flexibility index (Phi) is 5.66.